The fraction of sp³-hybridized carbons (Fsp3) is 0.600. The number of para-hydroxylation sites is 1. The number of hydrogen-bond acceptors (Lipinski definition) is 2. The Balaban J connectivity index is 2.54. The molecule has 17 heavy (non-hydrogen) atoms. The van der Waals surface area contributed by atoms with Crippen LogP contribution in [0, 0.1) is 5.92 Å². The first kappa shape index (κ1) is 14.0. The Morgan fingerprint density at radius 2 is 1.82 bits per heavy atom. The Morgan fingerprint density at radius 1 is 1.18 bits per heavy atom. The first-order valence-electron chi connectivity index (χ1n) is 6.58. The molecule has 3 unspecified atom stereocenters. The first-order valence-corrected chi connectivity index (χ1v) is 6.58. The molecule has 0 amide bonds. The molecule has 0 saturated carbocycles. The van der Waals surface area contributed by atoms with E-state index in [1.165, 1.54) is 12.8 Å². The molecule has 0 fully saturated rings. The summed E-state index contributed by atoms with van der Waals surface area (Å²) < 4.78 is 0. The zero-order valence-corrected chi connectivity index (χ0v) is 11.4. The molecule has 2 heteroatoms. The molecule has 2 N–H and O–H groups in total. The fourth-order valence-electron chi connectivity index (χ4n) is 2.21. The molecule has 0 aliphatic heterocycles. The third-order valence-corrected chi connectivity index (χ3v) is 3.39. The molecule has 96 valence electrons. The lowest BCUT2D eigenvalue weighted by molar-refractivity contribution is 0.378. The van der Waals surface area contributed by atoms with Gasteiger partial charge in [0.05, 0.1) is 0 Å². The van der Waals surface area contributed by atoms with E-state index in [1.807, 2.05) is 18.2 Å². The van der Waals surface area contributed by atoms with Crippen LogP contribution in [0.5, 0.6) is 5.75 Å². The maximum atomic E-state index is 9.78. The molecule has 0 radical (unpaired) electrons. The quantitative estimate of drug-likeness (QED) is 0.784. The molecule has 1 aromatic carbocycles. The monoisotopic (exact) mass is 235 g/mol. The van der Waals surface area contributed by atoms with Crippen LogP contribution in [0.15, 0.2) is 24.3 Å². The van der Waals surface area contributed by atoms with Crippen LogP contribution >= 0.6 is 0 Å². The highest BCUT2D eigenvalue weighted by atomic mass is 16.3. The van der Waals surface area contributed by atoms with Crippen LogP contribution in [0.2, 0.25) is 0 Å². The minimum Gasteiger partial charge on any atom is -0.508 e. The number of aromatic hydroxyl groups is 1. The van der Waals surface area contributed by atoms with Crippen molar-refractivity contribution in [3.63, 3.8) is 0 Å². The summed E-state index contributed by atoms with van der Waals surface area (Å²) >= 11 is 0. The normalized spacial score (nSPS) is 16.5. The molecular weight excluding hydrogens is 210 g/mol. The zero-order valence-electron chi connectivity index (χ0n) is 11.4. The molecule has 0 aromatic heterocycles. The van der Waals surface area contributed by atoms with Crippen molar-refractivity contribution >= 4 is 0 Å². The van der Waals surface area contributed by atoms with Crippen molar-refractivity contribution < 1.29 is 5.11 Å². The van der Waals surface area contributed by atoms with Gasteiger partial charge in [-0.2, -0.15) is 0 Å². The number of phenolic OH excluding ortho intramolecular Hbond substituents is 1. The molecule has 1 rings (SSSR count). The average Bonchev–Trinajstić information content (AvgIpc) is 2.29. The van der Waals surface area contributed by atoms with E-state index >= 15 is 0 Å². The van der Waals surface area contributed by atoms with Gasteiger partial charge in [-0.3, -0.25) is 0 Å². The topological polar surface area (TPSA) is 32.3 Å². The van der Waals surface area contributed by atoms with Gasteiger partial charge in [-0.1, -0.05) is 38.5 Å². The van der Waals surface area contributed by atoms with E-state index < -0.39 is 0 Å². The van der Waals surface area contributed by atoms with Gasteiger partial charge in [0, 0.05) is 17.6 Å². The van der Waals surface area contributed by atoms with Gasteiger partial charge in [0.1, 0.15) is 5.75 Å². The molecule has 0 bridgehead atoms. The van der Waals surface area contributed by atoms with Gasteiger partial charge in [0.2, 0.25) is 0 Å². The summed E-state index contributed by atoms with van der Waals surface area (Å²) in [5.41, 5.74) is 0.975. The van der Waals surface area contributed by atoms with Crippen molar-refractivity contribution in [2.45, 2.75) is 52.6 Å². The Labute approximate surface area is 105 Å². The second-order valence-electron chi connectivity index (χ2n) is 5.10. The van der Waals surface area contributed by atoms with Crippen molar-refractivity contribution in [1.29, 1.82) is 0 Å². The first-order chi connectivity index (χ1) is 8.04. The van der Waals surface area contributed by atoms with Gasteiger partial charge in [-0.15, -0.1) is 0 Å². The number of hydrogen-bond donors (Lipinski definition) is 2. The minimum atomic E-state index is 0.190. The minimum absolute atomic E-state index is 0.190. The largest absolute Gasteiger partial charge is 0.508 e. The molecular formula is C15H25NO. The highest BCUT2D eigenvalue weighted by molar-refractivity contribution is 5.34. The lowest BCUT2D eigenvalue weighted by Gasteiger charge is -2.23. The molecule has 0 spiro atoms. The Bertz CT molecular complexity index is 337. The molecule has 3 atom stereocenters. The Morgan fingerprint density at radius 3 is 2.41 bits per heavy atom. The van der Waals surface area contributed by atoms with Crippen LogP contribution < -0.4 is 5.32 Å². The number of rotatable bonds is 6. The third-order valence-electron chi connectivity index (χ3n) is 3.39. The Hall–Kier alpha value is -1.02. The van der Waals surface area contributed by atoms with Gasteiger partial charge in [-0.05, 0) is 32.3 Å². The van der Waals surface area contributed by atoms with E-state index in [0.717, 1.165) is 11.5 Å². The van der Waals surface area contributed by atoms with Crippen molar-refractivity contribution in [2.24, 2.45) is 5.92 Å². The Kier molecular flexibility index (Phi) is 5.49. The summed E-state index contributed by atoms with van der Waals surface area (Å²) in [7, 11) is 0. The predicted octanol–water partition coefficient (Wildman–Crippen LogP) is 3.87. The van der Waals surface area contributed by atoms with Crippen LogP contribution in [0.3, 0.4) is 0 Å². The highest BCUT2D eigenvalue weighted by Gasteiger charge is 2.13. The van der Waals surface area contributed by atoms with Crippen LogP contribution in [-0.2, 0) is 0 Å². The number of nitrogens with one attached hydrogen (secondary N) is 1. The van der Waals surface area contributed by atoms with Gasteiger partial charge >= 0.3 is 0 Å². The second kappa shape index (κ2) is 6.65. The van der Waals surface area contributed by atoms with Crippen molar-refractivity contribution in [3.05, 3.63) is 29.8 Å². The van der Waals surface area contributed by atoms with Crippen molar-refractivity contribution in [2.75, 3.05) is 0 Å². The molecule has 0 heterocycles. The molecule has 0 aliphatic rings. The highest BCUT2D eigenvalue weighted by Crippen LogP contribution is 2.24. The lowest BCUT2D eigenvalue weighted by Crippen LogP contribution is -2.30. The summed E-state index contributed by atoms with van der Waals surface area (Å²) in [6.45, 7) is 8.82. The summed E-state index contributed by atoms with van der Waals surface area (Å²) in [6, 6.07) is 8.20. The third kappa shape index (κ3) is 4.39. The van der Waals surface area contributed by atoms with Crippen LogP contribution in [0.25, 0.3) is 0 Å². The van der Waals surface area contributed by atoms with Gasteiger partial charge in [0.15, 0.2) is 0 Å². The van der Waals surface area contributed by atoms with E-state index in [4.69, 9.17) is 0 Å². The van der Waals surface area contributed by atoms with Gasteiger partial charge in [-0.25, -0.2) is 0 Å². The van der Waals surface area contributed by atoms with E-state index in [1.54, 1.807) is 6.07 Å². The van der Waals surface area contributed by atoms with Crippen LogP contribution in [-0.4, -0.2) is 11.1 Å². The van der Waals surface area contributed by atoms with E-state index in [2.05, 4.69) is 33.0 Å². The summed E-state index contributed by atoms with van der Waals surface area (Å²) in [5.74, 6) is 1.12. The maximum absolute atomic E-state index is 9.78. The summed E-state index contributed by atoms with van der Waals surface area (Å²) in [6.07, 6.45) is 2.39. The van der Waals surface area contributed by atoms with Crippen molar-refractivity contribution in [3.8, 4) is 5.75 Å². The molecule has 2 nitrogen and oxygen atoms in total. The fourth-order valence-corrected chi connectivity index (χ4v) is 2.21. The van der Waals surface area contributed by atoms with E-state index in [9.17, 15) is 5.11 Å². The summed E-state index contributed by atoms with van der Waals surface area (Å²) in [5, 5.41) is 13.3. The van der Waals surface area contributed by atoms with E-state index in [-0.39, 0.29) is 6.04 Å². The number of phenols is 1. The van der Waals surface area contributed by atoms with Crippen LogP contribution in [0.4, 0.5) is 0 Å². The second-order valence-corrected chi connectivity index (χ2v) is 5.10. The smallest absolute Gasteiger partial charge is 0.120 e. The van der Waals surface area contributed by atoms with E-state index in [0.29, 0.717) is 11.8 Å². The van der Waals surface area contributed by atoms with Gasteiger partial charge < -0.3 is 10.4 Å². The average molecular weight is 235 g/mol. The van der Waals surface area contributed by atoms with Crippen molar-refractivity contribution in [1.82, 2.24) is 5.32 Å². The predicted molar refractivity (Wildman–Crippen MR) is 73.2 cm³/mol. The van der Waals surface area contributed by atoms with Crippen LogP contribution in [0.1, 0.15) is 52.1 Å². The lowest BCUT2D eigenvalue weighted by atomic mass is 9.99. The standard InChI is InChI=1S/C15H25NO/c1-5-11(2)10-12(3)16-13(4)14-8-6-7-9-15(14)17/h6-9,11-13,16-17H,5,10H2,1-4H3. The number of benzene rings is 1. The maximum Gasteiger partial charge on any atom is 0.120 e. The zero-order chi connectivity index (χ0) is 12.8. The molecule has 0 saturated heterocycles. The molecule has 0 aliphatic carbocycles. The van der Waals surface area contributed by atoms with Gasteiger partial charge in [0.25, 0.3) is 0 Å². The molecule has 1 aromatic rings. The summed E-state index contributed by atoms with van der Waals surface area (Å²) in [4.78, 5) is 0. The SMILES string of the molecule is CCC(C)CC(C)NC(C)c1ccccc1O.